The summed E-state index contributed by atoms with van der Waals surface area (Å²) in [4.78, 5) is 21.7. The molecule has 0 aliphatic carbocycles. The summed E-state index contributed by atoms with van der Waals surface area (Å²) in [5, 5.41) is 1.20. The second kappa shape index (κ2) is 8.34. The summed E-state index contributed by atoms with van der Waals surface area (Å²) in [5.74, 6) is 1.78. The molecule has 5 heteroatoms. The van der Waals surface area contributed by atoms with Crippen molar-refractivity contribution in [2.45, 2.75) is 27.7 Å². The summed E-state index contributed by atoms with van der Waals surface area (Å²) in [7, 11) is 0. The van der Waals surface area contributed by atoms with Crippen LogP contribution < -0.4 is 9.64 Å². The molecule has 4 rings (SSSR count). The van der Waals surface area contributed by atoms with Gasteiger partial charge in [-0.05, 0) is 68.1 Å². The molecular formula is C25H29N3O2. The number of nitrogens with zero attached hydrogens (tertiary/aromatic N) is 3. The van der Waals surface area contributed by atoms with Gasteiger partial charge in [0, 0.05) is 31.6 Å². The highest BCUT2D eigenvalue weighted by Crippen LogP contribution is 2.25. The van der Waals surface area contributed by atoms with Crippen molar-refractivity contribution in [3.63, 3.8) is 0 Å². The number of hydrogen-bond donors (Lipinski definition) is 0. The maximum absolute atomic E-state index is 12.6. The van der Waals surface area contributed by atoms with Crippen molar-refractivity contribution in [3.05, 3.63) is 64.7 Å². The van der Waals surface area contributed by atoms with Crippen molar-refractivity contribution in [1.29, 1.82) is 0 Å². The van der Waals surface area contributed by atoms with Gasteiger partial charge in [0.2, 0.25) is 0 Å². The molecule has 1 aromatic heterocycles. The Hall–Kier alpha value is -3.08. The number of hydrogen-bond acceptors (Lipinski definition) is 4. The number of benzene rings is 2. The molecule has 0 spiro atoms. The van der Waals surface area contributed by atoms with Crippen LogP contribution in [0.2, 0.25) is 0 Å². The highest BCUT2D eigenvalue weighted by Gasteiger charge is 2.23. The summed E-state index contributed by atoms with van der Waals surface area (Å²) in [6.45, 7) is 11.3. The van der Waals surface area contributed by atoms with Crippen molar-refractivity contribution in [2.24, 2.45) is 0 Å². The highest BCUT2D eigenvalue weighted by atomic mass is 16.5. The fraction of sp³-hybridized carbons (Fsp3) is 0.360. The van der Waals surface area contributed by atoms with Crippen LogP contribution in [0, 0.1) is 27.7 Å². The van der Waals surface area contributed by atoms with E-state index in [1.165, 1.54) is 16.5 Å². The average molecular weight is 404 g/mol. The number of rotatable bonds is 4. The number of carbonyl (C=O) groups is 1. The summed E-state index contributed by atoms with van der Waals surface area (Å²) in [5.41, 5.74) is 5.76. The highest BCUT2D eigenvalue weighted by molar-refractivity contribution is 5.86. The normalized spacial score (nSPS) is 14.3. The number of piperazine rings is 1. The van der Waals surface area contributed by atoms with E-state index < -0.39 is 0 Å². The first-order chi connectivity index (χ1) is 14.4. The standard InChI is InChI=1S/C25H29N3O2/c1-17-12-18(2)14-21(13-17)30-16-24(29)28-10-8-27(9-11-28)23-15-20(4)22-7-5-6-19(3)25(22)26-23/h5-7,12-15H,8-11,16H2,1-4H3. The van der Waals surface area contributed by atoms with Crippen LogP contribution in [0.3, 0.4) is 0 Å². The Balaban J connectivity index is 1.38. The van der Waals surface area contributed by atoms with E-state index >= 15 is 0 Å². The lowest BCUT2D eigenvalue weighted by atomic mass is 10.1. The van der Waals surface area contributed by atoms with Gasteiger partial charge in [-0.3, -0.25) is 4.79 Å². The third-order valence-electron chi connectivity index (χ3n) is 5.75. The van der Waals surface area contributed by atoms with Crippen LogP contribution in [0.4, 0.5) is 5.82 Å². The third kappa shape index (κ3) is 4.25. The molecule has 0 saturated carbocycles. The molecule has 2 aromatic carbocycles. The maximum Gasteiger partial charge on any atom is 0.260 e. The van der Waals surface area contributed by atoms with E-state index in [0.29, 0.717) is 13.1 Å². The zero-order valence-electron chi connectivity index (χ0n) is 18.2. The summed E-state index contributed by atoms with van der Waals surface area (Å²) in [6.07, 6.45) is 0. The number of pyridine rings is 1. The fourth-order valence-corrected chi connectivity index (χ4v) is 4.14. The molecule has 2 heterocycles. The van der Waals surface area contributed by atoms with Crippen LogP contribution >= 0.6 is 0 Å². The molecule has 0 radical (unpaired) electrons. The predicted molar refractivity (Wildman–Crippen MR) is 121 cm³/mol. The Morgan fingerprint density at radius 2 is 1.63 bits per heavy atom. The Labute approximate surface area is 178 Å². The lowest BCUT2D eigenvalue weighted by Gasteiger charge is -2.35. The van der Waals surface area contributed by atoms with E-state index in [0.717, 1.165) is 41.3 Å². The van der Waals surface area contributed by atoms with Gasteiger partial charge in [-0.2, -0.15) is 0 Å². The van der Waals surface area contributed by atoms with Crippen LogP contribution in [0.25, 0.3) is 10.9 Å². The number of aryl methyl sites for hydroxylation is 4. The number of amides is 1. The summed E-state index contributed by atoms with van der Waals surface area (Å²) >= 11 is 0. The van der Waals surface area contributed by atoms with Gasteiger partial charge in [0.15, 0.2) is 6.61 Å². The van der Waals surface area contributed by atoms with Crippen LogP contribution in [0.1, 0.15) is 22.3 Å². The van der Waals surface area contributed by atoms with Crippen LogP contribution in [0.5, 0.6) is 5.75 Å². The second-order valence-electron chi connectivity index (χ2n) is 8.25. The molecule has 0 unspecified atom stereocenters. The Kier molecular flexibility index (Phi) is 5.62. The molecule has 0 N–H and O–H groups in total. The molecule has 156 valence electrons. The number of ether oxygens (including phenoxy) is 1. The molecule has 3 aromatic rings. The Morgan fingerprint density at radius 3 is 2.33 bits per heavy atom. The summed E-state index contributed by atoms with van der Waals surface area (Å²) in [6, 6.07) is 14.5. The van der Waals surface area contributed by atoms with Crippen molar-refractivity contribution in [3.8, 4) is 5.75 Å². The van der Waals surface area contributed by atoms with Crippen molar-refractivity contribution >= 4 is 22.6 Å². The number of para-hydroxylation sites is 1. The largest absolute Gasteiger partial charge is 0.484 e. The average Bonchev–Trinajstić information content (AvgIpc) is 2.72. The van der Waals surface area contributed by atoms with E-state index in [4.69, 9.17) is 9.72 Å². The predicted octanol–water partition coefficient (Wildman–Crippen LogP) is 4.20. The lowest BCUT2D eigenvalue weighted by Crippen LogP contribution is -2.50. The van der Waals surface area contributed by atoms with E-state index in [-0.39, 0.29) is 12.5 Å². The SMILES string of the molecule is Cc1cc(C)cc(OCC(=O)N2CCN(c3cc(C)c4cccc(C)c4n3)CC2)c1. The number of carbonyl (C=O) groups excluding carboxylic acids is 1. The minimum Gasteiger partial charge on any atom is -0.484 e. The molecular weight excluding hydrogens is 374 g/mol. The van der Waals surface area contributed by atoms with E-state index in [2.05, 4.69) is 49.1 Å². The fourth-order valence-electron chi connectivity index (χ4n) is 4.14. The van der Waals surface area contributed by atoms with Crippen LogP contribution in [0.15, 0.2) is 42.5 Å². The van der Waals surface area contributed by atoms with E-state index in [9.17, 15) is 4.79 Å². The van der Waals surface area contributed by atoms with Gasteiger partial charge in [-0.25, -0.2) is 4.98 Å². The molecule has 0 atom stereocenters. The molecule has 5 nitrogen and oxygen atoms in total. The van der Waals surface area contributed by atoms with E-state index in [1.807, 2.05) is 30.9 Å². The minimum atomic E-state index is 0.0345. The Morgan fingerprint density at radius 1 is 0.933 bits per heavy atom. The van der Waals surface area contributed by atoms with Gasteiger partial charge in [-0.15, -0.1) is 0 Å². The molecule has 1 aliphatic rings. The molecule has 0 bridgehead atoms. The lowest BCUT2D eigenvalue weighted by molar-refractivity contribution is -0.133. The van der Waals surface area contributed by atoms with Crippen LogP contribution in [-0.4, -0.2) is 48.6 Å². The minimum absolute atomic E-state index is 0.0345. The molecule has 30 heavy (non-hydrogen) atoms. The van der Waals surface area contributed by atoms with Gasteiger partial charge in [0.1, 0.15) is 11.6 Å². The quantitative estimate of drug-likeness (QED) is 0.655. The number of fused-ring (bicyclic) bond motifs is 1. The molecule has 1 saturated heterocycles. The molecule has 1 aliphatic heterocycles. The first-order valence-corrected chi connectivity index (χ1v) is 10.5. The van der Waals surface area contributed by atoms with E-state index in [1.54, 1.807) is 0 Å². The first-order valence-electron chi connectivity index (χ1n) is 10.5. The zero-order valence-corrected chi connectivity index (χ0v) is 18.2. The number of aromatic nitrogens is 1. The second-order valence-corrected chi connectivity index (χ2v) is 8.25. The van der Waals surface area contributed by atoms with Crippen molar-refractivity contribution in [1.82, 2.24) is 9.88 Å². The Bertz CT molecular complexity index is 1060. The van der Waals surface area contributed by atoms with Gasteiger partial charge in [0.05, 0.1) is 5.52 Å². The first kappa shape index (κ1) is 20.2. The van der Waals surface area contributed by atoms with Gasteiger partial charge in [0.25, 0.3) is 5.91 Å². The van der Waals surface area contributed by atoms with Crippen molar-refractivity contribution in [2.75, 3.05) is 37.7 Å². The van der Waals surface area contributed by atoms with Gasteiger partial charge >= 0.3 is 0 Å². The zero-order chi connectivity index (χ0) is 21.3. The number of anilines is 1. The molecule has 1 fully saturated rings. The molecule has 1 amide bonds. The topological polar surface area (TPSA) is 45.7 Å². The van der Waals surface area contributed by atoms with Gasteiger partial charge < -0.3 is 14.5 Å². The van der Waals surface area contributed by atoms with Crippen LogP contribution in [-0.2, 0) is 4.79 Å². The maximum atomic E-state index is 12.6. The monoisotopic (exact) mass is 403 g/mol. The van der Waals surface area contributed by atoms with Crippen molar-refractivity contribution < 1.29 is 9.53 Å². The smallest absolute Gasteiger partial charge is 0.260 e. The summed E-state index contributed by atoms with van der Waals surface area (Å²) < 4.78 is 5.75. The van der Waals surface area contributed by atoms with Gasteiger partial charge in [-0.1, -0.05) is 24.3 Å². The third-order valence-corrected chi connectivity index (χ3v) is 5.75.